The zero-order chi connectivity index (χ0) is 15.0. The summed E-state index contributed by atoms with van der Waals surface area (Å²) >= 11 is 0. The maximum Gasteiger partial charge on any atom is 0.336 e. The summed E-state index contributed by atoms with van der Waals surface area (Å²) < 4.78 is 15.7. The number of aromatic nitrogens is 2. The molecule has 106 valence electrons. The molecule has 0 aliphatic rings. The van der Waals surface area contributed by atoms with Crippen molar-refractivity contribution >= 4 is 17.0 Å². The summed E-state index contributed by atoms with van der Waals surface area (Å²) in [6.07, 6.45) is 0. The van der Waals surface area contributed by atoms with Crippen LogP contribution in [0, 0.1) is 5.82 Å². The van der Waals surface area contributed by atoms with Crippen LogP contribution in [0.15, 0.2) is 42.5 Å². The molecule has 1 aromatic heterocycles. The van der Waals surface area contributed by atoms with Gasteiger partial charge in [0.2, 0.25) is 0 Å². The standard InChI is InChI=1S/C16H13FN2O2/c1-2-19-13-9-5-8-12(17)14(13)18-15(19)10-6-3-4-7-11(10)16(20)21/h3-9H,2H2,1H3,(H,20,21). The number of aryl methyl sites for hydroxylation is 1. The number of carboxylic acids is 1. The fourth-order valence-corrected chi connectivity index (χ4v) is 2.50. The minimum atomic E-state index is -1.03. The Morgan fingerprint density at radius 1 is 1.24 bits per heavy atom. The highest BCUT2D eigenvalue weighted by Crippen LogP contribution is 2.28. The molecule has 4 nitrogen and oxygen atoms in total. The molecule has 0 saturated carbocycles. The van der Waals surface area contributed by atoms with Gasteiger partial charge in [0.15, 0.2) is 5.82 Å². The lowest BCUT2D eigenvalue weighted by Gasteiger charge is -2.08. The molecule has 2 aromatic carbocycles. The third-order valence-corrected chi connectivity index (χ3v) is 3.44. The molecule has 0 saturated heterocycles. The summed E-state index contributed by atoms with van der Waals surface area (Å²) in [6.45, 7) is 2.49. The van der Waals surface area contributed by atoms with E-state index in [2.05, 4.69) is 4.98 Å². The molecule has 1 heterocycles. The Hall–Kier alpha value is -2.69. The molecule has 1 N–H and O–H groups in total. The number of nitrogens with zero attached hydrogens (tertiary/aromatic N) is 2. The molecule has 0 atom stereocenters. The monoisotopic (exact) mass is 284 g/mol. The third kappa shape index (κ3) is 2.07. The molecule has 3 aromatic rings. The Labute approximate surface area is 120 Å². The number of hydrogen-bond donors (Lipinski definition) is 1. The highest BCUT2D eigenvalue weighted by atomic mass is 19.1. The van der Waals surface area contributed by atoms with Gasteiger partial charge >= 0.3 is 5.97 Å². The summed E-state index contributed by atoms with van der Waals surface area (Å²) in [5.74, 6) is -0.967. The van der Waals surface area contributed by atoms with E-state index in [9.17, 15) is 14.3 Å². The molecule has 0 amide bonds. The van der Waals surface area contributed by atoms with Gasteiger partial charge in [-0.25, -0.2) is 14.2 Å². The van der Waals surface area contributed by atoms with E-state index in [4.69, 9.17) is 0 Å². The Balaban J connectivity index is 2.36. The fourth-order valence-electron chi connectivity index (χ4n) is 2.50. The lowest BCUT2D eigenvalue weighted by molar-refractivity contribution is 0.0697. The molecule has 0 unspecified atom stereocenters. The summed E-state index contributed by atoms with van der Waals surface area (Å²) in [5.41, 5.74) is 1.56. The number of fused-ring (bicyclic) bond motifs is 1. The van der Waals surface area contributed by atoms with Crippen molar-refractivity contribution in [2.75, 3.05) is 0 Å². The minimum Gasteiger partial charge on any atom is -0.478 e. The molecule has 0 radical (unpaired) electrons. The Bertz CT molecular complexity index is 839. The van der Waals surface area contributed by atoms with Crippen LogP contribution in [0.25, 0.3) is 22.4 Å². The van der Waals surface area contributed by atoms with Crippen LogP contribution >= 0.6 is 0 Å². The van der Waals surface area contributed by atoms with Gasteiger partial charge in [-0.05, 0) is 25.1 Å². The largest absolute Gasteiger partial charge is 0.478 e. The lowest BCUT2D eigenvalue weighted by Crippen LogP contribution is -2.04. The van der Waals surface area contributed by atoms with Gasteiger partial charge in [-0.3, -0.25) is 0 Å². The van der Waals surface area contributed by atoms with E-state index in [1.807, 2.05) is 11.5 Å². The van der Waals surface area contributed by atoms with Crippen LogP contribution in [0.4, 0.5) is 4.39 Å². The number of rotatable bonds is 3. The van der Waals surface area contributed by atoms with Crippen LogP contribution in [0.3, 0.4) is 0 Å². The second-order valence-corrected chi connectivity index (χ2v) is 4.64. The Morgan fingerprint density at radius 2 is 2.00 bits per heavy atom. The first kappa shape index (κ1) is 13.3. The number of hydrogen-bond acceptors (Lipinski definition) is 2. The van der Waals surface area contributed by atoms with Gasteiger partial charge < -0.3 is 9.67 Å². The van der Waals surface area contributed by atoms with Crippen LogP contribution < -0.4 is 0 Å². The molecule has 0 aliphatic carbocycles. The summed E-state index contributed by atoms with van der Waals surface area (Å²) in [7, 11) is 0. The first-order valence-corrected chi connectivity index (χ1v) is 6.61. The predicted octanol–water partition coefficient (Wildman–Crippen LogP) is 3.56. The zero-order valence-electron chi connectivity index (χ0n) is 11.4. The van der Waals surface area contributed by atoms with E-state index >= 15 is 0 Å². The molecule has 3 rings (SSSR count). The van der Waals surface area contributed by atoms with E-state index in [0.717, 1.165) is 0 Å². The first-order chi connectivity index (χ1) is 10.1. The maximum absolute atomic E-state index is 13.9. The van der Waals surface area contributed by atoms with Crippen molar-refractivity contribution in [1.82, 2.24) is 9.55 Å². The van der Waals surface area contributed by atoms with Gasteiger partial charge in [0, 0.05) is 12.1 Å². The van der Waals surface area contributed by atoms with Crippen LogP contribution in [-0.4, -0.2) is 20.6 Å². The van der Waals surface area contributed by atoms with Gasteiger partial charge in [0.25, 0.3) is 0 Å². The number of halogens is 1. The fraction of sp³-hybridized carbons (Fsp3) is 0.125. The average Bonchev–Trinajstić information content (AvgIpc) is 2.87. The van der Waals surface area contributed by atoms with Gasteiger partial charge in [0.1, 0.15) is 11.3 Å². The highest BCUT2D eigenvalue weighted by Gasteiger charge is 2.18. The average molecular weight is 284 g/mol. The van der Waals surface area contributed by atoms with Gasteiger partial charge in [-0.15, -0.1) is 0 Å². The van der Waals surface area contributed by atoms with Crippen molar-refractivity contribution in [1.29, 1.82) is 0 Å². The van der Waals surface area contributed by atoms with Crippen molar-refractivity contribution in [3.05, 3.63) is 53.8 Å². The van der Waals surface area contributed by atoms with Gasteiger partial charge in [-0.2, -0.15) is 0 Å². The quantitative estimate of drug-likeness (QED) is 0.800. The van der Waals surface area contributed by atoms with Crippen molar-refractivity contribution in [2.24, 2.45) is 0 Å². The van der Waals surface area contributed by atoms with E-state index in [-0.39, 0.29) is 11.1 Å². The molecule has 21 heavy (non-hydrogen) atoms. The zero-order valence-corrected chi connectivity index (χ0v) is 11.4. The van der Waals surface area contributed by atoms with E-state index in [1.54, 1.807) is 30.3 Å². The number of aromatic carboxylic acids is 1. The Kier molecular flexibility index (Phi) is 3.17. The topological polar surface area (TPSA) is 55.1 Å². The maximum atomic E-state index is 13.9. The third-order valence-electron chi connectivity index (χ3n) is 3.44. The second-order valence-electron chi connectivity index (χ2n) is 4.64. The van der Waals surface area contributed by atoms with Crippen LogP contribution in [-0.2, 0) is 6.54 Å². The number of carboxylic acid groups (broad SMARTS) is 1. The normalized spacial score (nSPS) is 11.0. The molecule has 5 heteroatoms. The van der Waals surface area contributed by atoms with Crippen molar-refractivity contribution in [3.63, 3.8) is 0 Å². The first-order valence-electron chi connectivity index (χ1n) is 6.61. The van der Waals surface area contributed by atoms with Crippen LogP contribution in [0.2, 0.25) is 0 Å². The number of benzene rings is 2. The lowest BCUT2D eigenvalue weighted by atomic mass is 10.1. The summed E-state index contributed by atoms with van der Waals surface area (Å²) in [5, 5.41) is 9.31. The van der Waals surface area contributed by atoms with E-state index < -0.39 is 11.8 Å². The number of imidazole rings is 1. The van der Waals surface area contributed by atoms with E-state index in [0.29, 0.717) is 23.4 Å². The number of para-hydroxylation sites is 1. The smallest absolute Gasteiger partial charge is 0.336 e. The molecular weight excluding hydrogens is 271 g/mol. The molecular formula is C16H13FN2O2. The second kappa shape index (κ2) is 5.01. The molecule has 0 aliphatic heterocycles. The summed E-state index contributed by atoms with van der Waals surface area (Å²) in [4.78, 5) is 15.7. The van der Waals surface area contributed by atoms with Gasteiger partial charge in [0.05, 0.1) is 11.1 Å². The molecule has 0 bridgehead atoms. The van der Waals surface area contributed by atoms with Gasteiger partial charge in [-0.1, -0.05) is 24.3 Å². The highest BCUT2D eigenvalue weighted by molar-refractivity contribution is 5.96. The number of carbonyl (C=O) groups is 1. The summed E-state index contributed by atoms with van der Waals surface area (Å²) in [6, 6.07) is 11.4. The van der Waals surface area contributed by atoms with E-state index in [1.165, 1.54) is 12.1 Å². The van der Waals surface area contributed by atoms with Crippen LogP contribution in [0.1, 0.15) is 17.3 Å². The predicted molar refractivity (Wildman–Crippen MR) is 77.8 cm³/mol. The van der Waals surface area contributed by atoms with Crippen molar-refractivity contribution < 1.29 is 14.3 Å². The van der Waals surface area contributed by atoms with Crippen molar-refractivity contribution in [2.45, 2.75) is 13.5 Å². The van der Waals surface area contributed by atoms with Crippen molar-refractivity contribution in [3.8, 4) is 11.4 Å². The SMILES string of the molecule is CCn1c(-c2ccccc2C(=O)O)nc2c(F)cccc21. The van der Waals surface area contributed by atoms with Crippen LogP contribution in [0.5, 0.6) is 0 Å². The minimum absolute atomic E-state index is 0.155. The molecule has 0 fully saturated rings. The molecule has 0 spiro atoms. The Morgan fingerprint density at radius 3 is 2.71 bits per heavy atom.